The lowest BCUT2D eigenvalue weighted by Gasteiger charge is -2.11. The van der Waals surface area contributed by atoms with E-state index in [0.717, 1.165) is 34.6 Å². The Morgan fingerprint density at radius 2 is 2.05 bits per heavy atom. The largest absolute Gasteiger partial charge is 0.487 e. The number of ether oxygens (including phenoxy) is 1. The summed E-state index contributed by atoms with van der Waals surface area (Å²) in [5, 5.41) is 4.59. The lowest BCUT2D eigenvalue weighted by molar-refractivity contribution is 0.291. The molecule has 3 nitrogen and oxygen atoms in total. The average Bonchev–Trinajstić information content (AvgIpc) is 2.81. The molecule has 0 radical (unpaired) electrons. The van der Waals surface area contributed by atoms with Crippen molar-refractivity contribution in [2.24, 2.45) is 0 Å². The number of aryl methyl sites for hydroxylation is 2. The van der Waals surface area contributed by atoms with Gasteiger partial charge in [-0.3, -0.25) is 4.68 Å². The van der Waals surface area contributed by atoms with Gasteiger partial charge in [-0.2, -0.15) is 5.10 Å². The molecule has 4 heteroatoms. The zero-order valence-electron chi connectivity index (χ0n) is 13.2. The van der Waals surface area contributed by atoms with E-state index in [-0.39, 0.29) is 0 Å². The molecule has 0 aliphatic heterocycles. The van der Waals surface area contributed by atoms with Gasteiger partial charge in [0, 0.05) is 6.54 Å². The van der Waals surface area contributed by atoms with Crippen LogP contribution in [0.15, 0.2) is 28.7 Å². The Hall–Kier alpha value is -1.29. The first-order chi connectivity index (χ1) is 10.1. The van der Waals surface area contributed by atoms with E-state index in [4.69, 9.17) is 4.74 Å². The van der Waals surface area contributed by atoms with E-state index in [9.17, 15) is 0 Å². The van der Waals surface area contributed by atoms with Crippen LogP contribution in [0.1, 0.15) is 50.6 Å². The first kappa shape index (κ1) is 16.1. The SMILES string of the molecule is CCc1nn(CC)c(COc2cccc(C(C)C)c2)c1Br. The predicted octanol–water partition coefficient (Wildman–Crippen LogP) is 4.93. The lowest BCUT2D eigenvalue weighted by atomic mass is 10.0. The minimum atomic E-state index is 0.508. The number of aromatic nitrogens is 2. The molecule has 2 rings (SSSR count). The predicted molar refractivity (Wildman–Crippen MR) is 89.8 cm³/mol. The third-order valence-corrected chi connectivity index (χ3v) is 4.51. The molecule has 0 fully saturated rings. The summed E-state index contributed by atoms with van der Waals surface area (Å²) in [6.07, 6.45) is 0.920. The van der Waals surface area contributed by atoms with Crippen LogP contribution in [-0.2, 0) is 19.6 Å². The van der Waals surface area contributed by atoms with E-state index in [2.05, 4.69) is 60.9 Å². The van der Waals surface area contributed by atoms with Crippen LogP contribution < -0.4 is 4.74 Å². The van der Waals surface area contributed by atoms with Crippen molar-refractivity contribution in [1.29, 1.82) is 0 Å². The maximum absolute atomic E-state index is 5.97. The van der Waals surface area contributed by atoms with Crippen molar-refractivity contribution in [2.45, 2.75) is 53.2 Å². The number of rotatable bonds is 6. The molecule has 0 aliphatic carbocycles. The molecule has 0 atom stereocenters. The third-order valence-electron chi connectivity index (χ3n) is 3.59. The molecule has 0 saturated carbocycles. The zero-order valence-corrected chi connectivity index (χ0v) is 14.8. The molecular weight excluding hydrogens is 328 g/mol. The Kier molecular flexibility index (Phi) is 5.45. The van der Waals surface area contributed by atoms with Gasteiger partial charge in [-0.15, -0.1) is 0 Å². The molecule has 0 bridgehead atoms. The first-order valence-electron chi connectivity index (χ1n) is 7.53. The van der Waals surface area contributed by atoms with Gasteiger partial charge >= 0.3 is 0 Å². The summed E-state index contributed by atoms with van der Waals surface area (Å²) in [5.74, 6) is 1.42. The van der Waals surface area contributed by atoms with E-state index >= 15 is 0 Å². The van der Waals surface area contributed by atoms with Crippen molar-refractivity contribution >= 4 is 15.9 Å². The molecule has 21 heavy (non-hydrogen) atoms. The quantitative estimate of drug-likeness (QED) is 0.738. The van der Waals surface area contributed by atoms with Gasteiger partial charge in [-0.1, -0.05) is 32.9 Å². The smallest absolute Gasteiger partial charge is 0.131 e. The third kappa shape index (κ3) is 3.67. The number of benzene rings is 1. The lowest BCUT2D eigenvalue weighted by Crippen LogP contribution is -2.06. The van der Waals surface area contributed by atoms with Crippen molar-refractivity contribution in [3.8, 4) is 5.75 Å². The van der Waals surface area contributed by atoms with E-state index in [1.165, 1.54) is 5.56 Å². The summed E-state index contributed by atoms with van der Waals surface area (Å²) in [4.78, 5) is 0. The minimum absolute atomic E-state index is 0.508. The van der Waals surface area contributed by atoms with Crippen LogP contribution in [0.4, 0.5) is 0 Å². The maximum atomic E-state index is 5.97. The molecule has 0 spiro atoms. The van der Waals surface area contributed by atoms with Crippen molar-refractivity contribution in [1.82, 2.24) is 9.78 Å². The maximum Gasteiger partial charge on any atom is 0.131 e. The standard InChI is InChI=1S/C17H23BrN2O/c1-5-15-17(18)16(20(6-2)19-15)11-21-14-9-7-8-13(10-14)12(3)4/h7-10,12H,5-6,11H2,1-4H3. The van der Waals surface area contributed by atoms with Crippen LogP contribution in [0.25, 0.3) is 0 Å². The van der Waals surface area contributed by atoms with Gasteiger partial charge in [-0.05, 0) is 52.9 Å². The molecule has 1 aromatic carbocycles. The van der Waals surface area contributed by atoms with Gasteiger partial charge < -0.3 is 4.74 Å². The summed E-state index contributed by atoms with van der Waals surface area (Å²) >= 11 is 3.65. The molecule has 0 unspecified atom stereocenters. The summed E-state index contributed by atoms with van der Waals surface area (Å²) in [6.45, 7) is 9.97. The first-order valence-corrected chi connectivity index (χ1v) is 8.32. The summed E-state index contributed by atoms with van der Waals surface area (Å²) in [6, 6.07) is 8.31. The molecule has 0 N–H and O–H groups in total. The molecule has 2 aromatic rings. The second-order valence-corrected chi connectivity index (χ2v) is 6.19. The Morgan fingerprint density at radius 1 is 1.29 bits per heavy atom. The highest BCUT2D eigenvalue weighted by Gasteiger charge is 2.14. The van der Waals surface area contributed by atoms with Gasteiger partial charge in [0.1, 0.15) is 12.4 Å². The van der Waals surface area contributed by atoms with Crippen molar-refractivity contribution in [3.05, 3.63) is 45.7 Å². The van der Waals surface area contributed by atoms with Crippen LogP contribution in [0.5, 0.6) is 5.75 Å². The van der Waals surface area contributed by atoms with Crippen LogP contribution >= 0.6 is 15.9 Å². The Labute approximate surface area is 135 Å². The minimum Gasteiger partial charge on any atom is -0.487 e. The van der Waals surface area contributed by atoms with E-state index in [0.29, 0.717) is 12.5 Å². The van der Waals surface area contributed by atoms with Gasteiger partial charge in [0.05, 0.1) is 15.9 Å². The molecule has 1 aromatic heterocycles. The zero-order chi connectivity index (χ0) is 15.4. The van der Waals surface area contributed by atoms with E-state index < -0.39 is 0 Å². The summed E-state index contributed by atoms with van der Waals surface area (Å²) in [7, 11) is 0. The molecule has 0 amide bonds. The number of hydrogen-bond donors (Lipinski definition) is 0. The fourth-order valence-electron chi connectivity index (χ4n) is 2.27. The van der Waals surface area contributed by atoms with Gasteiger partial charge in [0.15, 0.2) is 0 Å². The Bertz CT molecular complexity index is 605. The van der Waals surface area contributed by atoms with Gasteiger partial charge in [0.2, 0.25) is 0 Å². The van der Waals surface area contributed by atoms with Crippen LogP contribution in [0, 0.1) is 0 Å². The van der Waals surface area contributed by atoms with E-state index in [1.54, 1.807) is 0 Å². The van der Waals surface area contributed by atoms with E-state index in [1.807, 2.05) is 16.8 Å². The molecule has 114 valence electrons. The topological polar surface area (TPSA) is 27.1 Å². The van der Waals surface area contributed by atoms with Crippen molar-refractivity contribution in [3.63, 3.8) is 0 Å². The average molecular weight is 351 g/mol. The van der Waals surface area contributed by atoms with Gasteiger partial charge in [-0.25, -0.2) is 0 Å². The highest BCUT2D eigenvalue weighted by Crippen LogP contribution is 2.25. The van der Waals surface area contributed by atoms with Gasteiger partial charge in [0.25, 0.3) is 0 Å². The van der Waals surface area contributed by atoms with Crippen molar-refractivity contribution < 1.29 is 4.74 Å². The number of hydrogen-bond acceptors (Lipinski definition) is 2. The fourth-order valence-corrected chi connectivity index (χ4v) is 2.95. The monoisotopic (exact) mass is 350 g/mol. The molecular formula is C17H23BrN2O. The normalized spacial score (nSPS) is 11.1. The summed E-state index contributed by atoms with van der Waals surface area (Å²) < 4.78 is 9.06. The molecule has 0 saturated heterocycles. The highest BCUT2D eigenvalue weighted by atomic mass is 79.9. The van der Waals surface area contributed by atoms with Crippen LogP contribution in [0.2, 0.25) is 0 Å². The van der Waals surface area contributed by atoms with Crippen molar-refractivity contribution in [2.75, 3.05) is 0 Å². The summed E-state index contributed by atoms with van der Waals surface area (Å²) in [5.41, 5.74) is 3.49. The number of nitrogens with zero attached hydrogens (tertiary/aromatic N) is 2. The molecule has 0 aliphatic rings. The molecule has 1 heterocycles. The second kappa shape index (κ2) is 7.12. The Morgan fingerprint density at radius 3 is 2.67 bits per heavy atom. The Balaban J connectivity index is 2.16. The highest BCUT2D eigenvalue weighted by molar-refractivity contribution is 9.10. The second-order valence-electron chi connectivity index (χ2n) is 5.39. The van der Waals surface area contributed by atoms with Crippen LogP contribution in [-0.4, -0.2) is 9.78 Å². The van der Waals surface area contributed by atoms with Crippen LogP contribution in [0.3, 0.4) is 0 Å². The fraction of sp³-hybridized carbons (Fsp3) is 0.471. The number of halogens is 1.